The first-order valence-electron chi connectivity index (χ1n) is 3.83. The summed E-state index contributed by atoms with van der Waals surface area (Å²) in [5.41, 5.74) is -0.0388. The predicted molar refractivity (Wildman–Crippen MR) is 58.6 cm³/mol. The number of nitrogens with zero attached hydrogens (tertiary/aromatic N) is 1. The van der Waals surface area contributed by atoms with Crippen molar-refractivity contribution in [2.45, 2.75) is 12.2 Å². The van der Waals surface area contributed by atoms with Crippen LogP contribution >= 0.6 is 34.2 Å². The van der Waals surface area contributed by atoms with Crippen molar-refractivity contribution in [2.75, 3.05) is 0 Å². The third-order valence-corrected chi connectivity index (χ3v) is 2.39. The molecular weight excluding hydrogens is 361 g/mol. The molecule has 8 heteroatoms. The van der Waals surface area contributed by atoms with Crippen LogP contribution in [0, 0.1) is 3.70 Å². The van der Waals surface area contributed by atoms with Crippen LogP contribution in [0.1, 0.15) is 15.9 Å². The highest BCUT2D eigenvalue weighted by molar-refractivity contribution is 14.1. The van der Waals surface area contributed by atoms with Crippen molar-refractivity contribution in [1.29, 1.82) is 0 Å². The highest BCUT2D eigenvalue weighted by atomic mass is 127. The van der Waals surface area contributed by atoms with Gasteiger partial charge < -0.3 is 4.74 Å². The molecule has 0 bridgehead atoms. The third kappa shape index (κ3) is 3.48. The SMILES string of the molecule is O=Cc1c(CCl)cc(I)nc1OC(F)(F)F. The molecule has 0 radical (unpaired) electrons. The summed E-state index contributed by atoms with van der Waals surface area (Å²) >= 11 is 7.21. The minimum absolute atomic E-state index is 0.0964. The fourth-order valence-corrected chi connectivity index (χ4v) is 1.79. The Bertz CT molecular complexity index is 411. The summed E-state index contributed by atoms with van der Waals surface area (Å²) in [5, 5.41) is 0. The number of carbonyl (C=O) groups is 1. The van der Waals surface area contributed by atoms with E-state index in [4.69, 9.17) is 11.6 Å². The first-order valence-corrected chi connectivity index (χ1v) is 5.45. The molecule has 1 aromatic rings. The number of rotatable bonds is 3. The minimum Gasteiger partial charge on any atom is -0.387 e. The van der Waals surface area contributed by atoms with Crippen LogP contribution in [0.25, 0.3) is 0 Å². The Hall–Kier alpha value is -0.570. The van der Waals surface area contributed by atoms with Gasteiger partial charge in [-0.3, -0.25) is 4.79 Å². The standard InChI is InChI=1S/C8H4ClF3INO2/c9-2-4-1-6(13)14-7(5(4)3-15)16-8(10,11)12/h1,3H,2H2. The molecule has 1 rings (SSSR count). The van der Waals surface area contributed by atoms with Crippen molar-refractivity contribution in [3.63, 3.8) is 0 Å². The molecule has 0 amide bonds. The first kappa shape index (κ1) is 13.5. The molecule has 0 aliphatic heterocycles. The third-order valence-electron chi connectivity index (χ3n) is 1.55. The average Bonchev–Trinajstić information content (AvgIpc) is 2.14. The smallest absolute Gasteiger partial charge is 0.387 e. The Morgan fingerprint density at radius 2 is 2.19 bits per heavy atom. The molecule has 0 saturated carbocycles. The second-order valence-electron chi connectivity index (χ2n) is 2.62. The number of aromatic nitrogens is 1. The molecular formula is C8H4ClF3INO2. The maximum absolute atomic E-state index is 12.0. The highest BCUT2D eigenvalue weighted by Gasteiger charge is 2.33. The fourth-order valence-electron chi connectivity index (χ4n) is 0.972. The summed E-state index contributed by atoms with van der Waals surface area (Å²) in [4.78, 5) is 14.1. The molecule has 0 spiro atoms. The summed E-state index contributed by atoms with van der Waals surface area (Å²) in [5.74, 6) is -0.870. The van der Waals surface area contributed by atoms with E-state index in [2.05, 4.69) is 9.72 Å². The normalized spacial score (nSPS) is 11.3. The van der Waals surface area contributed by atoms with E-state index in [1.807, 2.05) is 0 Å². The van der Waals surface area contributed by atoms with Gasteiger partial charge >= 0.3 is 6.36 Å². The Kier molecular flexibility index (Phi) is 4.36. The number of ether oxygens (including phenoxy) is 1. The van der Waals surface area contributed by atoms with Gasteiger partial charge in [0.25, 0.3) is 0 Å². The number of hydrogen-bond donors (Lipinski definition) is 0. The van der Waals surface area contributed by atoms with Gasteiger partial charge in [-0.25, -0.2) is 4.98 Å². The van der Waals surface area contributed by atoms with Gasteiger partial charge in [0.05, 0.1) is 5.56 Å². The average molecular weight is 365 g/mol. The van der Waals surface area contributed by atoms with Crippen LogP contribution < -0.4 is 4.74 Å². The van der Waals surface area contributed by atoms with E-state index >= 15 is 0 Å². The maximum atomic E-state index is 12.0. The predicted octanol–water partition coefficient (Wildman–Crippen LogP) is 3.14. The van der Waals surface area contributed by atoms with Crippen molar-refractivity contribution in [1.82, 2.24) is 4.98 Å². The molecule has 3 nitrogen and oxygen atoms in total. The van der Waals surface area contributed by atoms with Crippen LogP contribution in [0.2, 0.25) is 0 Å². The van der Waals surface area contributed by atoms with Crippen LogP contribution in [0.15, 0.2) is 6.07 Å². The zero-order valence-electron chi connectivity index (χ0n) is 7.52. The molecule has 0 aliphatic rings. The van der Waals surface area contributed by atoms with Crippen LogP contribution in [0.5, 0.6) is 5.88 Å². The van der Waals surface area contributed by atoms with Crippen LogP contribution in [-0.2, 0) is 5.88 Å². The van der Waals surface area contributed by atoms with Crippen molar-refractivity contribution in [3.05, 3.63) is 20.9 Å². The summed E-state index contributed by atoms with van der Waals surface area (Å²) in [7, 11) is 0. The second-order valence-corrected chi connectivity index (χ2v) is 3.99. The number of halogens is 5. The van der Waals surface area contributed by atoms with Gasteiger partial charge in [-0.1, -0.05) is 0 Å². The fraction of sp³-hybridized carbons (Fsp3) is 0.250. The summed E-state index contributed by atoms with van der Waals surface area (Å²) in [6.45, 7) is 0. The van der Waals surface area contributed by atoms with Crippen molar-refractivity contribution >= 4 is 40.5 Å². The second kappa shape index (κ2) is 5.17. The zero-order chi connectivity index (χ0) is 12.3. The highest BCUT2D eigenvalue weighted by Crippen LogP contribution is 2.27. The summed E-state index contributed by atoms with van der Waals surface area (Å²) in [6, 6.07) is 1.42. The Balaban J connectivity index is 3.25. The van der Waals surface area contributed by atoms with E-state index in [0.717, 1.165) is 0 Å². The van der Waals surface area contributed by atoms with Crippen molar-refractivity contribution in [2.24, 2.45) is 0 Å². The lowest BCUT2D eigenvalue weighted by Gasteiger charge is -2.11. The van der Waals surface area contributed by atoms with E-state index < -0.39 is 12.2 Å². The largest absolute Gasteiger partial charge is 0.574 e. The molecule has 0 aliphatic carbocycles. The molecule has 0 atom stereocenters. The van der Waals surface area contributed by atoms with Crippen LogP contribution in [0.4, 0.5) is 13.2 Å². The molecule has 0 aromatic carbocycles. The molecule has 0 N–H and O–H groups in total. The van der Waals surface area contributed by atoms with Gasteiger partial charge in [0.1, 0.15) is 3.70 Å². The van der Waals surface area contributed by atoms with E-state index in [1.165, 1.54) is 6.07 Å². The van der Waals surface area contributed by atoms with E-state index in [0.29, 0.717) is 0 Å². The molecule has 0 unspecified atom stereocenters. The molecule has 0 fully saturated rings. The van der Waals surface area contributed by atoms with Gasteiger partial charge in [0, 0.05) is 5.88 Å². The lowest BCUT2D eigenvalue weighted by molar-refractivity contribution is -0.276. The van der Waals surface area contributed by atoms with Gasteiger partial charge in [-0.05, 0) is 34.2 Å². The maximum Gasteiger partial charge on any atom is 0.574 e. The quantitative estimate of drug-likeness (QED) is 0.358. The van der Waals surface area contributed by atoms with Crippen LogP contribution in [0.3, 0.4) is 0 Å². The number of hydrogen-bond acceptors (Lipinski definition) is 3. The van der Waals surface area contributed by atoms with Gasteiger partial charge in [-0.2, -0.15) is 0 Å². The van der Waals surface area contributed by atoms with Crippen molar-refractivity contribution < 1.29 is 22.7 Å². The van der Waals surface area contributed by atoms with E-state index in [1.54, 1.807) is 22.6 Å². The summed E-state index contributed by atoms with van der Waals surface area (Å²) in [6.07, 6.45) is -4.65. The van der Waals surface area contributed by atoms with E-state index in [-0.39, 0.29) is 27.0 Å². The molecule has 88 valence electrons. The monoisotopic (exact) mass is 365 g/mol. The lowest BCUT2D eigenvalue weighted by atomic mass is 10.2. The van der Waals surface area contributed by atoms with E-state index in [9.17, 15) is 18.0 Å². The van der Waals surface area contributed by atoms with Gasteiger partial charge in [0.2, 0.25) is 5.88 Å². The molecule has 16 heavy (non-hydrogen) atoms. The number of carbonyl (C=O) groups excluding carboxylic acids is 1. The number of pyridine rings is 1. The zero-order valence-corrected chi connectivity index (χ0v) is 10.4. The first-order chi connectivity index (χ1) is 7.37. The topological polar surface area (TPSA) is 39.2 Å². The minimum atomic E-state index is -4.89. The summed E-state index contributed by atoms with van der Waals surface area (Å²) < 4.78 is 39.9. The number of alkyl halides is 4. The Morgan fingerprint density at radius 1 is 1.56 bits per heavy atom. The van der Waals surface area contributed by atoms with Crippen molar-refractivity contribution in [3.8, 4) is 5.88 Å². The lowest BCUT2D eigenvalue weighted by Crippen LogP contribution is -2.19. The molecule has 1 heterocycles. The molecule has 1 aromatic heterocycles. The van der Waals surface area contributed by atoms with Gasteiger partial charge in [0.15, 0.2) is 6.29 Å². The Labute approximate surface area is 107 Å². The van der Waals surface area contributed by atoms with Gasteiger partial charge in [-0.15, -0.1) is 24.8 Å². The van der Waals surface area contributed by atoms with Crippen LogP contribution in [-0.4, -0.2) is 17.6 Å². The Morgan fingerprint density at radius 3 is 2.62 bits per heavy atom. The number of aldehydes is 1. The molecule has 0 saturated heterocycles.